The average molecular weight is 384 g/mol. The van der Waals surface area contributed by atoms with Crippen molar-refractivity contribution in [3.8, 4) is 0 Å². The van der Waals surface area contributed by atoms with Gasteiger partial charge in [0, 0.05) is 11.8 Å². The highest BCUT2D eigenvalue weighted by atomic mass is 32.1. The molecule has 2 aromatic rings. The van der Waals surface area contributed by atoms with E-state index in [1.165, 1.54) is 16.1 Å². The number of carbonyl (C=O) groups excluding carboxylic acids is 1. The highest BCUT2D eigenvalue weighted by Crippen LogP contribution is 2.67. The fraction of sp³-hybridized carbons (Fsp3) is 0.652. The number of para-hydroxylation sites is 1. The third kappa shape index (κ3) is 2.52. The first kappa shape index (κ1) is 17.7. The van der Waals surface area contributed by atoms with Crippen LogP contribution >= 0.6 is 11.3 Å². The topological polar surface area (TPSA) is 39.2 Å². The lowest BCUT2D eigenvalue weighted by Crippen LogP contribution is -2.57. The summed E-state index contributed by atoms with van der Waals surface area (Å²) >= 11 is 1.86. The lowest BCUT2D eigenvalue weighted by molar-refractivity contribution is -0.166. The second kappa shape index (κ2) is 5.56. The number of esters is 1. The molecule has 1 aromatic carbocycles. The standard InChI is InChI=1S/C23H29NO2S/c1-21(2)12-14(20-24-15-7-5-6-8-16(15)27-20)13-22(3)17(21)9-10-23(4)18(22)11-19(25)26-23/h5-8,14,17-18H,9-13H2,1-4H3. The third-order valence-corrected chi connectivity index (χ3v) is 9.24. The van der Waals surface area contributed by atoms with Crippen LogP contribution in [-0.2, 0) is 9.53 Å². The average Bonchev–Trinajstić information content (AvgIpc) is 3.14. The molecule has 27 heavy (non-hydrogen) atoms. The minimum Gasteiger partial charge on any atom is -0.459 e. The summed E-state index contributed by atoms with van der Waals surface area (Å²) in [6.45, 7) is 9.51. The van der Waals surface area contributed by atoms with Crippen LogP contribution in [0.1, 0.15) is 70.7 Å². The molecule has 0 amide bonds. The van der Waals surface area contributed by atoms with E-state index in [0.29, 0.717) is 24.2 Å². The summed E-state index contributed by atoms with van der Waals surface area (Å²) in [7, 11) is 0. The van der Waals surface area contributed by atoms with Crippen molar-refractivity contribution in [2.24, 2.45) is 22.7 Å². The summed E-state index contributed by atoms with van der Waals surface area (Å²) in [6, 6.07) is 8.47. The Balaban J connectivity index is 1.56. The molecule has 2 aliphatic carbocycles. The maximum atomic E-state index is 12.2. The van der Waals surface area contributed by atoms with Crippen molar-refractivity contribution in [2.75, 3.05) is 0 Å². The fourth-order valence-electron chi connectivity index (χ4n) is 7.10. The van der Waals surface area contributed by atoms with Crippen molar-refractivity contribution in [3.05, 3.63) is 29.3 Å². The van der Waals surface area contributed by atoms with Gasteiger partial charge in [-0.15, -0.1) is 11.3 Å². The molecule has 5 atom stereocenters. The molecule has 3 nitrogen and oxygen atoms in total. The molecule has 1 aromatic heterocycles. The Hall–Kier alpha value is -1.42. The zero-order valence-corrected chi connectivity index (χ0v) is 17.6. The molecule has 3 aliphatic rings. The molecule has 2 heterocycles. The predicted octanol–water partition coefficient (Wildman–Crippen LogP) is 5.94. The Morgan fingerprint density at radius 1 is 1.11 bits per heavy atom. The van der Waals surface area contributed by atoms with Gasteiger partial charge in [0.2, 0.25) is 0 Å². The molecule has 0 spiro atoms. The van der Waals surface area contributed by atoms with Crippen molar-refractivity contribution in [1.82, 2.24) is 4.98 Å². The van der Waals surface area contributed by atoms with E-state index in [4.69, 9.17) is 9.72 Å². The molecule has 3 fully saturated rings. The minimum absolute atomic E-state index is 0.00397. The summed E-state index contributed by atoms with van der Waals surface area (Å²) < 4.78 is 7.15. The lowest BCUT2D eigenvalue weighted by atomic mass is 9.44. The smallest absolute Gasteiger partial charge is 0.306 e. The second-order valence-corrected chi connectivity index (χ2v) is 11.3. The van der Waals surface area contributed by atoms with Gasteiger partial charge in [0.1, 0.15) is 5.60 Å². The predicted molar refractivity (Wildman–Crippen MR) is 109 cm³/mol. The number of hydrogen-bond acceptors (Lipinski definition) is 4. The molecule has 0 bridgehead atoms. The maximum absolute atomic E-state index is 12.2. The van der Waals surface area contributed by atoms with E-state index in [9.17, 15) is 4.79 Å². The van der Waals surface area contributed by atoms with Crippen LogP contribution < -0.4 is 0 Å². The van der Waals surface area contributed by atoms with Gasteiger partial charge in [-0.05, 0) is 61.5 Å². The zero-order chi connectivity index (χ0) is 19.0. The molecule has 2 saturated carbocycles. The van der Waals surface area contributed by atoms with E-state index in [1.54, 1.807) is 0 Å². The summed E-state index contributed by atoms with van der Waals surface area (Å²) in [5.41, 5.74) is 1.23. The van der Waals surface area contributed by atoms with Gasteiger partial charge < -0.3 is 4.74 Å². The molecule has 0 radical (unpaired) electrons. The van der Waals surface area contributed by atoms with Crippen LogP contribution in [0.4, 0.5) is 0 Å². The molecule has 5 unspecified atom stereocenters. The summed E-state index contributed by atoms with van der Waals surface area (Å²) in [4.78, 5) is 17.2. The zero-order valence-electron chi connectivity index (χ0n) is 16.7. The molecule has 0 N–H and O–H groups in total. The number of rotatable bonds is 1. The van der Waals surface area contributed by atoms with E-state index in [0.717, 1.165) is 24.8 Å². The number of fused-ring (bicyclic) bond motifs is 4. The second-order valence-electron chi connectivity index (χ2n) is 10.3. The van der Waals surface area contributed by atoms with Gasteiger partial charge in [-0.3, -0.25) is 4.79 Å². The first-order chi connectivity index (χ1) is 12.7. The van der Waals surface area contributed by atoms with Crippen LogP contribution in [0, 0.1) is 22.7 Å². The van der Waals surface area contributed by atoms with Gasteiger partial charge in [0.15, 0.2) is 0 Å². The normalized spacial score (nSPS) is 40.4. The van der Waals surface area contributed by atoms with Crippen LogP contribution in [0.5, 0.6) is 0 Å². The van der Waals surface area contributed by atoms with Gasteiger partial charge in [-0.2, -0.15) is 0 Å². The molecular weight excluding hydrogens is 354 g/mol. The SMILES string of the molecule is CC1(C)CC(c2nc3ccccc3s2)CC2(C)C1CCC1(C)OC(=O)CC12. The molecule has 5 rings (SSSR count). The summed E-state index contributed by atoms with van der Waals surface area (Å²) in [5.74, 6) is 1.44. The van der Waals surface area contributed by atoms with Crippen molar-refractivity contribution in [3.63, 3.8) is 0 Å². The lowest BCUT2D eigenvalue weighted by Gasteiger charge is -2.61. The Morgan fingerprint density at radius 2 is 1.89 bits per heavy atom. The van der Waals surface area contributed by atoms with Crippen LogP contribution in [0.2, 0.25) is 0 Å². The summed E-state index contributed by atoms with van der Waals surface area (Å²) in [6.07, 6.45) is 5.07. The van der Waals surface area contributed by atoms with Crippen molar-refractivity contribution < 1.29 is 9.53 Å². The van der Waals surface area contributed by atoms with Crippen molar-refractivity contribution in [2.45, 2.75) is 71.3 Å². The first-order valence-electron chi connectivity index (χ1n) is 10.3. The molecule has 4 heteroatoms. The van der Waals surface area contributed by atoms with Gasteiger partial charge in [0.05, 0.1) is 21.6 Å². The van der Waals surface area contributed by atoms with Crippen LogP contribution in [0.3, 0.4) is 0 Å². The molecular formula is C23H29NO2S. The number of aromatic nitrogens is 1. The number of hydrogen-bond donors (Lipinski definition) is 0. The number of nitrogens with zero attached hydrogens (tertiary/aromatic N) is 1. The molecule has 1 aliphatic heterocycles. The Kier molecular flexibility index (Phi) is 3.64. The number of ether oxygens (including phenoxy) is 1. The van der Waals surface area contributed by atoms with E-state index in [1.807, 2.05) is 11.3 Å². The van der Waals surface area contributed by atoms with E-state index in [2.05, 4.69) is 52.0 Å². The minimum atomic E-state index is -0.270. The van der Waals surface area contributed by atoms with Gasteiger partial charge in [-0.1, -0.05) is 32.9 Å². The quantitative estimate of drug-likeness (QED) is 0.572. The maximum Gasteiger partial charge on any atom is 0.306 e. The van der Waals surface area contributed by atoms with E-state index >= 15 is 0 Å². The third-order valence-electron chi connectivity index (χ3n) is 8.04. The number of carbonyl (C=O) groups is 1. The highest BCUT2D eigenvalue weighted by Gasteiger charge is 2.64. The number of thiazole rings is 1. The monoisotopic (exact) mass is 383 g/mol. The van der Waals surface area contributed by atoms with Gasteiger partial charge in [-0.25, -0.2) is 4.98 Å². The van der Waals surface area contributed by atoms with E-state index in [-0.39, 0.29) is 22.4 Å². The van der Waals surface area contributed by atoms with Gasteiger partial charge in [0.25, 0.3) is 0 Å². The fourth-order valence-corrected chi connectivity index (χ4v) is 8.17. The Labute approximate surface area is 165 Å². The van der Waals surface area contributed by atoms with Gasteiger partial charge >= 0.3 is 5.97 Å². The molecule has 144 valence electrons. The highest BCUT2D eigenvalue weighted by molar-refractivity contribution is 7.18. The van der Waals surface area contributed by atoms with E-state index < -0.39 is 0 Å². The van der Waals surface area contributed by atoms with Crippen LogP contribution in [-0.4, -0.2) is 16.6 Å². The Bertz CT molecular complexity index is 885. The van der Waals surface area contributed by atoms with Crippen LogP contribution in [0.25, 0.3) is 10.2 Å². The van der Waals surface area contributed by atoms with Crippen molar-refractivity contribution >= 4 is 27.5 Å². The Morgan fingerprint density at radius 3 is 2.67 bits per heavy atom. The van der Waals surface area contributed by atoms with Crippen LogP contribution in [0.15, 0.2) is 24.3 Å². The summed E-state index contributed by atoms with van der Waals surface area (Å²) in [5, 5.41) is 1.28. The molecule has 1 saturated heterocycles. The number of benzene rings is 1. The first-order valence-corrected chi connectivity index (χ1v) is 11.1. The largest absolute Gasteiger partial charge is 0.459 e. The van der Waals surface area contributed by atoms with Crippen molar-refractivity contribution in [1.29, 1.82) is 0 Å².